The van der Waals surface area contributed by atoms with Crippen molar-refractivity contribution >= 4 is 44.8 Å². The molecule has 0 unspecified atom stereocenters. The van der Waals surface area contributed by atoms with Gasteiger partial charge in [0.25, 0.3) is 0 Å². The second-order valence-corrected chi connectivity index (χ2v) is 16.6. The Balaban J connectivity index is 0.770. The van der Waals surface area contributed by atoms with E-state index in [1.54, 1.807) is 72.8 Å². The largest absolute Gasteiger partial charge is 0.457 e. The first-order valence-corrected chi connectivity index (χ1v) is 19.3. The third-order valence-corrected chi connectivity index (χ3v) is 13.7. The Labute approximate surface area is 305 Å². The number of allylic oxidation sites excluding steroid dienone is 4. The van der Waals surface area contributed by atoms with E-state index in [1.807, 2.05) is 0 Å². The highest BCUT2D eigenvalue weighted by atomic mass is 32.2. The molecule has 4 aromatic carbocycles. The second kappa shape index (κ2) is 11.6. The average molecular weight is 725 g/mol. The number of hydrogen-bond donors (Lipinski definition) is 0. The van der Waals surface area contributed by atoms with Crippen LogP contribution in [0.15, 0.2) is 131 Å². The number of sulfone groups is 1. The minimum atomic E-state index is -3.85. The fraction of sp³-hybridized carbons (Fsp3) is 0.238. The maximum Gasteiger partial charge on any atom is 0.238 e. The first kappa shape index (κ1) is 31.9. The van der Waals surface area contributed by atoms with Gasteiger partial charge in [-0.05, 0) is 134 Å². The molecular formula is C42H32N2O8S. The van der Waals surface area contributed by atoms with E-state index < -0.39 is 9.84 Å². The fourth-order valence-corrected chi connectivity index (χ4v) is 10.7. The number of imide groups is 2. The third kappa shape index (κ3) is 4.86. The quantitative estimate of drug-likeness (QED) is 0.145. The Morgan fingerprint density at radius 1 is 0.415 bits per heavy atom. The van der Waals surface area contributed by atoms with Crippen molar-refractivity contribution in [2.75, 3.05) is 9.80 Å². The monoisotopic (exact) mass is 724 g/mol. The molecule has 0 radical (unpaired) electrons. The molecular weight excluding hydrogens is 693 g/mol. The van der Waals surface area contributed by atoms with Crippen molar-refractivity contribution in [1.82, 2.24) is 0 Å². The summed E-state index contributed by atoms with van der Waals surface area (Å²) in [6.45, 7) is 0. The Bertz CT molecular complexity index is 2160. The number of anilines is 2. The predicted octanol–water partition coefficient (Wildman–Crippen LogP) is 6.73. The summed E-state index contributed by atoms with van der Waals surface area (Å²) in [4.78, 5) is 55.3. The van der Waals surface area contributed by atoms with Crippen LogP contribution in [0.25, 0.3) is 0 Å². The van der Waals surface area contributed by atoms with Crippen LogP contribution in [0.1, 0.15) is 12.8 Å². The SMILES string of the molecule is O=C1[C@@H]2[C@H](C(=O)N1c1ccc(Oc3ccc(S(=O)(=O)c4ccc(Oc5ccc(N6C(=O)[C@@H]7[C@H](C6=O)[C@@H]6C=C[C@H]7C6)cc5)cc4)cc3)cc1)[C@@H]1C=C[C@H]2C1. The van der Waals surface area contributed by atoms with Gasteiger partial charge in [-0.2, -0.15) is 0 Å². The van der Waals surface area contributed by atoms with Crippen molar-refractivity contribution in [3.63, 3.8) is 0 Å². The van der Waals surface area contributed by atoms with E-state index in [0.717, 1.165) is 12.8 Å². The predicted molar refractivity (Wildman–Crippen MR) is 192 cm³/mol. The summed E-state index contributed by atoms with van der Waals surface area (Å²) in [7, 11) is -3.85. The molecule has 10 nitrogen and oxygen atoms in total. The zero-order valence-corrected chi connectivity index (χ0v) is 29.0. The van der Waals surface area contributed by atoms with E-state index >= 15 is 0 Å². The first-order chi connectivity index (χ1) is 25.7. The summed E-state index contributed by atoms with van der Waals surface area (Å²) in [5, 5.41) is 0. The normalized spacial score (nSPS) is 29.1. The Kier molecular flexibility index (Phi) is 6.98. The van der Waals surface area contributed by atoms with Gasteiger partial charge in [0.2, 0.25) is 33.5 Å². The smallest absolute Gasteiger partial charge is 0.238 e. The number of hydrogen-bond acceptors (Lipinski definition) is 8. The van der Waals surface area contributed by atoms with Gasteiger partial charge in [0, 0.05) is 0 Å². The van der Waals surface area contributed by atoms with Gasteiger partial charge in [-0.25, -0.2) is 8.42 Å². The molecule has 264 valence electrons. The number of amides is 4. The van der Waals surface area contributed by atoms with E-state index in [9.17, 15) is 27.6 Å². The zero-order chi connectivity index (χ0) is 36.2. The minimum Gasteiger partial charge on any atom is -0.457 e. The van der Waals surface area contributed by atoms with Crippen molar-refractivity contribution in [2.45, 2.75) is 22.6 Å². The summed E-state index contributed by atoms with van der Waals surface area (Å²) in [5.41, 5.74) is 1.02. The van der Waals surface area contributed by atoms with Gasteiger partial charge in [-0.1, -0.05) is 24.3 Å². The zero-order valence-electron chi connectivity index (χ0n) is 28.1. The van der Waals surface area contributed by atoms with Crippen LogP contribution in [-0.2, 0) is 29.0 Å². The van der Waals surface area contributed by atoms with Crippen LogP contribution in [0.2, 0.25) is 0 Å². The summed E-state index contributed by atoms with van der Waals surface area (Å²) in [6.07, 6.45) is 10.0. The van der Waals surface area contributed by atoms with Gasteiger partial charge < -0.3 is 9.47 Å². The van der Waals surface area contributed by atoms with Gasteiger partial charge >= 0.3 is 0 Å². The van der Waals surface area contributed by atoms with Crippen LogP contribution in [0, 0.1) is 47.3 Å². The molecule has 2 heterocycles. The molecule has 6 aliphatic rings. The van der Waals surface area contributed by atoms with Crippen molar-refractivity contribution < 1.29 is 37.1 Å². The highest BCUT2D eigenvalue weighted by molar-refractivity contribution is 7.91. The summed E-state index contributed by atoms with van der Waals surface area (Å²) >= 11 is 0. The fourth-order valence-electron chi connectivity index (χ4n) is 9.42. The van der Waals surface area contributed by atoms with Crippen LogP contribution < -0.4 is 19.3 Å². The van der Waals surface area contributed by atoms with Gasteiger partial charge in [0.1, 0.15) is 23.0 Å². The summed E-state index contributed by atoms with van der Waals surface area (Å²) in [6, 6.07) is 25.6. The van der Waals surface area contributed by atoms with Gasteiger partial charge in [0.05, 0.1) is 44.8 Å². The first-order valence-electron chi connectivity index (χ1n) is 17.8. The third-order valence-electron chi connectivity index (χ3n) is 11.9. The maximum absolute atomic E-state index is 13.4. The second-order valence-electron chi connectivity index (χ2n) is 14.7. The van der Waals surface area contributed by atoms with Crippen molar-refractivity contribution in [1.29, 1.82) is 0 Å². The Morgan fingerprint density at radius 2 is 0.679 bits per heavy atom. The van der Waals surface area contributed by atoms with E-state index in [1.165, 1.54) is 34.1 Å². The topological polar surface area (TPSA) is 127 Å². The van der Waals surface area contributed by atoms with Gasteiger partial charge in [0.15, 0.2) is 0 Å². The standard InChI is InChI=1S/C42H32N2O8S/c45-39-35-23-1-2-24(21-23)36(35)40(46)43(39)27-5-9-29(10-6-27)51-31-13-17-33(18-14-31)53(49,50)34-19-15-32(16-20-34)52-30-11-7-28(8-12-30)44-41(47)37-25-3-4-26(22-25)38(37)42(44)48/h1-20,23-26,35-38H,21-22H2/t23-,24+,25-,26+,35-,36+,37-,38+. The summed E-state index contributed by atoms with van der Waals surface area (Å²) in [5.74, 6) is 0.706. The molecule has 2 saturated carbocycles. The lowest BCUT2D eigenvalue weighted by atomic mass is 9.85. The van der Waals surface area contributed by atoms with Crippen LogP contribution in [0.4, 0.5) is 11.4 Å². The van der Waals surface area contributed by atoms with Crippen LogP contribution >= 0.6 is 0 Å². The molecule has 2 saturated heterocycles. The molecule has 11 heteroatoms. The number of ether oxygens (including phenoxy) is 2. The number of rotatable bonds is 8. The lowest BCUT2D eigenvalue weighted by Crippen LogP contribution is -2.32. The average Bonchev–Trinajstić information content (AvgIpc) is 4.03. The minimum absolute atomic E-state index is 0.0865. The van der Waals surface area contributed by atoms with Crippen LogP contribution in [0.3, 0.4) is 0 Å². The Morgan fingerprint density at radius 3 is 0.962 bits per heavy atom. The lowest BCUT2D eigenvalue weighted by Gasteiger charge is -2.17. The van der Waals surface area contributed by atoms with E-state index in [2.05, 4.69) is 24.3 Å². The molecule has 2 aliphatic heterocycles. The van der Waals surface area contributed by atoms with Crippen LogP contribution in [-0.4, -0.2) is 32.0 Å². The number of benzene rings is 4. The molecule has 4 aromatic rings. The molecule has 0 aromatic heterocycles. The molecule has 4 amide bonds. The number of carbonyl (C=O) groups excluding carboxylic acids is 4. The molecule has 53 heavy (non-hydrogen) atoms. The molecule has 0 N–H and O–H groups in total. The van der Waals surface area contributed by atoms with Crippen LogP contribution in [0.5, 0.6) is 23.0 Å². The lowest BCUT2D eigenvalue weighted by molar-refractivity contribution is -0.124. The van der Waals surface area contributed by atoms with Crippen molar-refractivity contribution in [3.05, 3.63) is 121 Å². The van der Waals surface area contributed by atoms with Gasteiger partial charge in [-0.3, -0.25) is 29.0 Å². The number of nitrogens with zero attached hydrogens (tertiary/aromatic N) is 2. The van der Waals surface area contributed by atoms with E-state index in [4.69, 9.17) is 9.47 Å². The molecule has 4 bridgehead atoms. The van der Waals surface area contributed by atoms with E-state index in [-0.39, 0.29) is 80.8 Å². The number of fused-ring (bicyclic) bond motifs is 10. The van der Waals surface area contributed by atoms with E-state index in [0.29, 0.717) is 34.4 Å². The van der Waals surface area contributed by atoms with Crippen molar-refractivity contribution in [2.24, 2.45) is 47.3 Å². The van der Waals surface area contributed by atoms with Gasteiger partial charge in [-0.15, -0.1) is 0 Å². The molecule has 4 fully saturated rings. The summed E-state index contributed by atoms with van der Waals surface area (Å²) < 4.78 is 38.7. The highest BCUT2D eigenvalue weighted by Crippen LogP contribution is 2.54. The molecule has 10 rings (SSSR count). The molecule has 4 aliphatic carbocycles. The molecule has 0 spiro atoms. The molecule has 8 atom stereocenters. The number of carbonyl (C=O) groups is 4. The highest BCUT2D eigenvalue weighted by Gasteiger charge is 2.60. The maximum atomic E-state index is 13.4. The Hall–Kier alpha value is -5.81. The van der Waals surface area contributed by atoms with Crippen molar-refractivity contribution in [3.8, 4) is 23.0 Å².